The number of amides is 2. The van der Waals surface area contributed by atoms with Gasteiger partial charge in [-0.15, -0.1) is 0 Å². The fourth-order valence-electron chi connectivity index (χ4n) is 3.06. The molecule has 1 atom stereocenters. The van der Waals surface area contributed by atoms with E-state index in [1.165, 1.54) is 0 Å². The van der Waals surface area contributed by atoms with Crippen LogP contribution in [0.4, 0.5) is 0 Å². The molecule has 0 bridgehead atoms. The highest BCUT2D eigenvalue weighted by Gasteiger charge is 2.25. The van der Waals surface area contributed by atoms with Gasteiger partial charge in [-0.3, -0.25) is 9.59 Å². The highest BCUT2D eigenvalue weighted by Crippen LogP contribution is 2.16. The summed E-state index contributed by atoms with van der Waals surface area (Å²) >= 11 is 5.87. The predicted octanol–water partition coefficient (Wildman–Crippen LogP) is 4.48. The lowest BCUT2D eigenvalue weighted by molar-refractivity contribution is -0.140. The van der Waals surface area contributed by atoms with Gasteiger partial charge in [0, 0.05) is 24.0 Å². The molecule has 5 nitrogen and oxygen atoms in total. The minimum absolute atomic E-state index is 0.0267. The number of benzene rings is 2. The molecule has 0 saturated heterocycles. The zero-order valence-electron chi connectivity index (χ0n) is 17.9. The number of nitrogens with one attached hydrogen (secondary N) is 1. The Morgan fingerprint density at radius 2 is 1.70 bits per heavy atom. The molecule has 0 aliphatic carbocycles. The first-order valence-electron chi connectivity index (χ1n) is 10.4. The molecular weight excluding hydrogens is 400 g/mol. The Morgan fingerprint density at radius 1 is 1.03 bits per heavy atom. The molecule has 2 rings (SSSR count). The smallest absolute Gasteiger partial charge is 0.242 e. The first-order valence-corrected chi connectivity index (χ1v) is 10.8. The Labute approximate surface area is 184 Å². The van der Waals surface area contributed by atoms with Gasteiger partial charge in [0.15, 0.2) is 0 Å². The molecule has 0 spiro atoms. The van der Waals surface area contributed by atoms with Crippen LogP contribution in [0.2, 0.25) is 5.02 Å². The van der Waals surface area contributed by atoms with Gasteiger partial charge in [0.05, 0.1) is 6.61 Å². The van der Waals surface area contributed by atoms with Crippen molar-refractivity contribution in [1.82, 2.24) is 10.2 Å². The van der Waals surface area contributed by atoms with Crippen LogP contribution in [0.15, 0.2) is 54.6 Å². The Morgan fingerprint density at radius 3 is 2.33 bits per heavy atom. The second-order valence-electron chi connectivity index (χ2n) is 7.57. The molecule has 0 aliphatic rings. The van der Waals surface area contributed by atoms with Crippen molar-refractivity contribution in [2.45, 2.75) is 52.1 Å². The number of hydrogen-bond acceptors (Lipinski definition) is 3. The third-order valence-electron chi connectivity index (χ3n) is 4.70. The Bertz CT molecular complexity index is 794. The lowest BCUT2D eigenvalue weighted by atomic mass is 10.1. The fourth-order valence-corrected chi connectivity index (χ4v) is 3.19. The van der Waals surface area contributed by atoms with Gasteiger partial charge in [-0.1, -0.05) is 41.9 Å². The van der Waals surface area contributed by atoms with Gasteiger partial charge < -0.3 is 15.0 Å². The standard InChI is InChI=1S/C24H31ClN2O3/c1-18(2)26-24(29)19(3)27(16-15-20-8-5-4-6-9-20)23(28)10-7-17-30-22-13-11-21(25)12-14-22/h4-6,8-9,11-14,18-19H,7,10,15-17H2,1-3H3,(H,26,29). The van der Waals surface area contributed by atoms with Gasteiger partial charge in [0.25, 0.3) is 0 Å². The number of hydrogen-bond donors (Lipinski definition) is 1. The summed E-state index contributed by atoms with van der Waals surface area (Å²) in [5.41, 5.74) is 1.14. The van der Waals surface area contributed by atoms with Crippen molar-refractivity contribution in [3.05, 3.63) is 65.2 Å². The molecule has 6 heteroatoms. The third-order valence-corrected chi connectivity index (χ3v) is 4.95. The lowest BCUT2D eigenvalue weighted by Gasteiger charge is -2.29. The summed E-state index contributed by atoms with van der Waals surface area (Å²) in [5.74, 6) is 0.540. The largest absolute Gasteiger partial charge is 0.494 e. The summed E-state index contributed by atoms with van der Waals surface area (Å²) < 4.78 is 5.67. The van der Waals surface area contributed by atoms with Crippen molar-refractivity contribution in [3.63, 3.8) is 0 Å². The summed E-state index contributed by atoms with van der Waals surface area (Å²) in [5, 5.41) is 3.55. The number of rotatable bonds is 11. The van der Waals surface area contributed by atoms with E-state index in [1.807, 2.05) is 44.2 Å². The number of carbonyl (C=O) groups is 2. The minimum atomic E-state index is -0.527. The zero-order valence-corrected chi connectivity index (χ0v) is 18.7. The maximum atomic E-state index is 12.9. The summed E-state index contributed by atoms with van der Waals surface area (Å²) in [6.45, 7) is 6.52. The molecule has 2 amide bonds. The molecular formula is C24H31ClN2O3. The Hall–Kier alpha value is -2.53. The summed E-state index contributed by atoms with van der Waals surface area (Å²) in [7, 11) is 0. The first kappa shape index (κ1) is 23.7. The molecule has 30 heavy (non-hydrogen) atoms. The molecule has 0 radical (unpaired) electrons. The number of carbonyl (C=O) groups excluding carboxylic acids is 2. The highest BCUT2D eigenvalue weighted by atomic mass is 35.5. The van der Waals surface area contributed by atoms with E-state index in [9.17, 15) is 9.59 Å². The SMILES string of the molecule is CC(C)NC(=O)C(C)N(CCc1ccccc1)C(=O)CCCOc1ccc(Cl)cc1. The van der Waals surface area contributed by atoms with Crippen molar-refractivity contribution in [1.29, 1.82) is 0 Å². The Kier molecular flexibility index (Phi) is 9.68. The molecule has 2 aromatic carbocycles. The van der Waals surface area contributed by atoms with Crippen molar-refractivity contribution < 1.29 is 14.3 Å². The molecule has 2 aromatic rings. The van der Waals surface area contributed by atoms with E-state index in [-0.39, 0.29) is 17.9 Å². The quantitative estimate of drug-likeness (QED) is 0.534. The second kappa shape index (κ2) is 12.2. The predicted molar refractivity (Wildman–Crippen MR) is 121 cm³/mol. The molecule has 0 saturated carbocycles. The average molecular weight is 431 g/mol. The fraction of sp³-hybridized carbons (Fsp3) is 0.417. The molecule has 162 valence electrons. The van der Waals surface area contributed by atoms with Crippen LogP contribution in [-0.2, 0) is 16.0 Å². The third kappa shape index (κ3) is 8.07. The molecule has 1 unspecified atom stereocenters. The van der Waals surface area contributed by atoms with Gasteiger partial charge in [-0.2, -0.15) is 0 Å². The number of ether oxygens (including phenoxy) is 1. The van der Waals surface area contributed by atoms with E-state index in [0.29, 0.717) is 37.4 Å². The number of halogens is 1. The first-order chi connectivity index (χ1) is 14.4. The van der Waals surface area contributed by atoms with Crippen LogP contribution < -0.4 is 10.1 Å². The maximum absolute atomic E-state index is 12.9. The average Bonchev–Trinajstić information content (AvgIpc) is 2.72. The van der Waals surface area contributed by atoms with Crippen LogP contribution in [0.1, 0.15) is 39.2 Å². The van der Waals surface area contributed by atoms with Crippen LogP contribution >= 0.6 is 11.6 Å². The molecule has 0 heterocycles. The van der Waals surface area contributed by atoms with Crippen LogP contribution in [0.25, 0.3) is 0 Å². The maximum Gasteiger partial charge on any atom is 0.242 e. The van der Waals surface area contributed by atoms with E-state index < -0.39 is 6.04 Å². The molecule has 0 aromatic heterocycles. The minimum Gasteiger partial charge on any atom is -0.494 e. The van der Waals surface area contributed by atoms with Crippen LogP contribution in [0.5, 0.6) is 5.75 Å². The summed E-state index contributed by atoms with van der Waals surface area (Å²) in [6.07, 6.45) is 1.59. The Balaban J connectivity index is 1.92. The summed E-state index contributed by atoms with van der Waals surface area (Å²) in [6, 6.07) is 16.6. The monoisotopic (exact) mass is 430 g/mol. The van der Waals surface area contributed by atoms with Gasteiger partial charge >= 0.3 is 0 Å². The van der Waals surface area contributed by atoms with Crippen molar-refractivity contribution in [2.24, 2.45) is 0 Å². The van der Waals surface area contributed by atoms with Gasteiger partial charge in [-0.05, 0) is 63.4 Å². The van der Waals surface area contributed by atoms with E-state index >= 15 is 0 Å². The molecule has 1 N–H and O–H groups in total. The molecule has 0 fully saturated rings. The molecule has 0 aliphatic heterocycles. The summed E-state index contributed by atoms with van der Waals surface area (Å²) in [4.78, 5) is 27.1. The van der Waals surface area contributed by atoms with Crippen LogP contribution in [0, 0.1) is 0 Å². The van der Waals surface area contributed by atoms with Gasteiger partial charge in [-0.25, -0.2) is 0 Å². The second-order valence-corrected chi connectivity index (χ2v) is 8.00. The van der Waals surface area contributed by atoms with Gasteiger partial charge in [0.2, 0.25) is 11.8 Å². The van der Waals surface area contributed by atoms with Gasteiger partial charge in [0.1, 0.15) is 11.8 Å². The topological polar surface area (TPSA) is 58.6 Å². The van der Waals surface area contributed by atoms with E-state index in [2.05, 4.69) is 5.32 Å². The van der Waals surface area contributed by atoms with Crippen molar-refractivity contribution in [2.75, 3.05) is 13.2 Å². The highest BCUT2D eigenvalue weighted by molar-refractivity contribution is 6.30. The zero-order chi connectivity index (χ0) is 21.9. The van der Waals surface area contributed by atoms with E-state index in [1.54, 1.807) is 36.1 Å². The van der Waals surface area contributed by atoms with Crippen molar-refractivity contribution >= 4 is 23.4 Å². The van der Waals surface area contributed by atoms with E-state index in [4.69, 9.17) is 16.3 Å². The normalized spacial score (nSPS) is 11.8. The van der Waals surface area contributed by atoms with Crippen LogP contribution in [-0.4, -0.2) is 41.9 Å². The lowest BCUT2D eigenvalue weighted by Crippen LogP contribution is -2.50. The van der Waals surface area contributed by atoms with E-state index in [0.717, 1.165) is 11.3 Å². The van der Waals surface area contributed by atoms with Crippen molar-refractivity contribution in [3.8, 4) is 5.75 Å². The van der Waals surface area contributed by atoms with Crippen LogP contribution in [0.3, 0.4) is 0 Å². The number of nitrogens with zero attached hydrogens (tertiary/aromatic N) is 1.